The van der Waals surface area contributed by atoms with Crippen molar-refractivity contribution in [2.75, 3.05) is 13.1 Å². The Labute approximate surface area is 173 Å². The van der Waals surface area contributed by atoms with E-state index in [1.807, 2.05) is 7.05 Å². The van der Waals surface area contributed by atoms with E-state index in [1.54, 1.807) is 11.0 Å². The van der Waals surface area contributed by atoms with Gasteiger partial charge in [0.1, 0.15) is 18.7 Å². The third-order valence-electron chi connectivity index (χ3n) is 4.37. The van der Waals surface area contributed by atoms with Crippen LogP contribution in [0.15, 0.2) is 35.6 Å². The number of aryl methyl sites for hydroxylation is 2. The number of rotatable bonds is 7. The molecule has 0 radical (unpaired) electrons. The quantitative estimate of drug-likeness (QED) is 0.371. The third kappa shape index (κ3) is 6.26. The highest BCUT2D eigenvalue weighted by atomic mass is 127. The van der Waals surface area contributed by atoms with Crippen LogP contribution in [0.1, 0.15) is 44.6 Å². The molecule has 26 heavy (non-hydrogen) atoms. The van der Waals surface area contributed by atoms with Gasteiger partial charge in [-0.25, -0.2) is 9.98 Å². The monoisotopic (exact) mass is 470 g/mol. The summed E-state index contributed by atoms with van der Waals surface area (Å²) in [6.07, 6.45) is 2.62. The number of nitrogens with one attached hydrogen (secondary N) is 2. The molecule has 0 aliphatic heterocycles. The molecule has 7 heteroatoms. The van der Waals surface area contributed by atoms with Crippen LogP contribution in [0.5, 0.6) is 0 Å². The van der Waals surface area contributed by atoms with Gasteiger partial charge in [0.25, 0.3) is 0 Å². The first-order chi connectivity index (χ1) is 12.0. The molecule has 0 bridgehead atoms. The fraction of sp³-hybridized carbons (Fsp3) is 0.526. The number of aliphatic imine (C=N–C) groups is 1. The number of guanidine groups is 1. The predicted octanol–water partition coefficient (Wildman–Crippen LogP) is 3.03. The van der Waals surface area contributed by atoms with Crippen molar-refractivity contribution in [3.63, 3.8) is 0 Å². The van der Waals surface area contributed by atoms with Gasteiger partial charge in [0.2, 0.25) is 0 Å². The molecule has 1 aromatic heterocycles. The first kappa shape index (κ1) is 22.4. The van der Waals surface area contributed by atoms with Gasteiger partial charge >= 0.3 is 0 Å². The lowest BCUT2D eigenvalue weighted by Gasteiger charge is -2.27. The molecule has 6 nitrogen and oxygen atoms in total. The minimum Gasteiger partial charge on any atom is -0.357 e. The van der Waals surface area contributed by atoms with E-state index in [2.05, 4.69) is 77.7 Å². The molecule has 144 valence electrons. The molecule has 0 fully saturated rings. The summed E-state index contributed by atoms with van der Waals surface area (Å²) in [7, 11) is 1.88. The molecule has 0 saturated carbocycles. The maximum atomic E-state index is 4.61. The van der Waals surface area contributed by atoms with Crippen LogP contribution in [-0.4, -0.2) is 33.8 Å². The summed E-state index contributed by atoms with van der Waals surface area (Å²) < 4.78 is 1.74. The molecule has 1 heterocycles. The van der Waals surface area contributed by atoms with E-state index < -0.39 is 0 Å². The zero-order chi connectivity index (χ0) is 18.3. The molecule has 2 rings (SSSR count). The minimum absolute atomic E-state index is 0. The van der Waals surface area contributed by atoms with Crippen molar-refractivity contribution in [3.8, 4) is 0 Å². The van der Waals surface area contributed by atoms with Gasteiger partial charge in [0.15, 0.2) is 5.96 Å². The van der Waals surface area contributed by atoms with Gasteiger partial charge in [-0.3, -0.25) is 4.68 Å². The summed E-state index contributed by atoms with van der Waals surface area (Å²) in [5.41, 5.74) is 2.69. The number of halogens is 1. The zero-order valence-electron chi connectivity index (χ0n) is 16.4. The van der Waals surface area contributed by atoms with E-state index in [-0.39, 0.29) is 29.4 Å². The van der Waals surface area contributed by atoms with Crippen molar-refractivity contribution in [3.05, 3.63) is 47.5 Å². The minimum atomic E-state index is 0. The molecular weight excluding hydrogens is 439 g/mol. The lowest BCUT2D eigenvalue weighted by Crippen LogP contribution is -2.43. The molecule has 2 aromatic rings. The van der Waals surface area contributed by atoms with Gasteiger partial charge in [-0.2, -0.15) is 5.10 Å². The van der Waals surface area contributed by atoms with Crippen molar-refractivity contribution in [1.82, 2.24) is 25.4 Å². The molecule has 0 aliphatic carbocycles. The van der Waals surface area contributed by atoms with E-state index in [0.29, 0.717) is 6.54 Å². The highest BCUT2D eigenvalue weighted by Gasteiger charge is 2.20. The van der Waals surface area contributed by atoms with Crippen molar-refractivity contribution < 1.29 is 0 Å². The zero-order valence-corrected chi connectivity index (χ0v) is 18.7. The molecular formula is C19H31IN6. The fourth-order valence-electron chi connectivity index (χ4n) is 2.55. The van der Waals surface area contributed by atoms with Gasteiger partial charge < -0.3 is 10.6 Å². The van der Waals surface area contributed by atoms with Gasteiger partial charge in [0, 0.05) is 25.6 Å². The smallest absolute Gasteiger partial charge is 0.191 e. The van der Waals surface area contributed by atoms with Crippen LogP contribution >= 0.6 is 24.0 Å². The number of aromatic nitrogens is 3. The topological polar surface area (TPSA) is 67.1 Å². The highest BCUT2D eigenvalue weighted by Crippen LogP contribution is 2.22. The highest BCUT2D eigenvalue weighted by molar-refractivity contribution is 14.0. The standard InChI is InChI=1S/C19H30N6.HI/c1-6-15-8-10-16(11-9-15)19(3,4)13-22-18(20-7-2)21-12-17-23-14-24-25(17)5;/h8-11,14H,6-7,12-13H2,1-5H3,(H2,20,21,22);1H. The SMILES string of the molecule is CCNC(=NCc1ncnn1C)NCC(C)(C)c1ccc(CC)cc1.I. The Morgan fingerprint density at radius 1 is 1.15 bits per heavy atom. The van der Waals surface area contributed by atoms with Gasteiger partial charge in [-0.05, 0) is 24.5 Å². The Bertz CT molecular complexity index is 690. The lowest BCUT2D eigenvalue weighted by atomic mass is 9.84. The van der Waals surface area contributed by atoms with Crippen LogP contribution in [0.4, 0.5) is 0 Å². The maximum Gasteiger partial charge on any atom is 0.191 e. The second-order valence-corrected chi connectivity index (χ2v) is 6.78. The average molecular weight is 470 g/mol. The summed E-state index contributed by atoms with van der Waals surface area (Å²) >= 11 is 0. The number of benzene rings is 1. The first-order valence-corrected chi connectivity index (χ1v) is 8.90. The fourth-order valence-corrected chi connectivity index (χ4v) is 2.55. The van der Waals surface area contributed by atoms with E-state index in [4.69, 9.17) is 0 Å². The van der Waals surface area contributed by atoms with E-state index in [0.717, 1.165) is 31.3 Å². The average Bonchev–Trinajstić information content (AvgIpc) is 3.02. The molecule has 0 saturated heterocycles. The largest absolute Gasteiger partial charge is 0.357 e. The summed E-state index contributed by atoms with van der Waals surface area (Å²) in [4.78, 5) is 8.82. The van der Waals surface area contributed by atoms with Crippen LogP contribution in [0.3, 0.4) is 0 Å². The lowest BCUT2D eigenvalue weighted by molar-refractivity contribution is 0.508. The summed E-state index contributed by atoms with van der Waals surface area (Å²) in [5.74, 6) is 1.63. The van der Waals surface area contributed by atoms with Gasteiger partial charge in [0.05, 0.1) is 0 Å². The molecule has 0 unspecified atom stereocenters. The van der Waals surface area contributed by atoms with Gasteiger partial charge in [-0.15, -0.1) is 24.0 Å². The molecule has 1 aromatic carbocycles. The van der Waals surface area contributed by atoms with Crippen molar-refractivity contribution >= 4 is 29.9 Å². The normalized spacial score (nSPS) is 11.8. The first-order valence-electron chi connectivity index (χ1n) is 8.90. The Morgan fingerprint density at radius 2 is 1.85 bits per heavy atom. The summed E-state index contributed by atoms with van der Waals surface area (Å²) in [6.45, 7) is 10.8. The van der Waals surface area contributed by atoms with E-state index >= 15 is 0 Å². The molecule has 2 N–H and O–H groups in total. The van der Waals surface area contributed by atoms with E-state index in [1.165, 1.54) is 11.1 Å². The molecule has 0 atom stereocenters. The Hall–Kier alpha value is -1.64. The van der Waals surface area contributed by atoms with Crippen LogP contribution in [0.2, 0.25) is 0 Å². The number of hydrogen-bond acceptors (Lipinski definition) is 3. The van der Waals surface area contributed by atoms with Gasteiger partial charge in [-0.1, -0.05) is 45.0 Å². The molecule has 0 aliphatic rings. The summed E-state index contributed by atoms with van der Waals surface area (Å²) in [5, 5.41) is 10.8. The second-order valence-electron chi connectivity index (χ2n) is 6.78. The van der Waals surface area contributed by atoms with Crippen LogP contribution < -0.4 is 10.6 Å². The summed E-state index contributed by atoms with van der Waals surface area (Å²) in [6, 6.07) is 8.88. The Kier molecular flexibility index (Phi) is 9.04. The van der Waals surface area contributed by atoms with Crippen LogP contribution in [0, 0.1) is 0 Å². The Balaban J connectivity index is 0.00000338. The van der Waals surface area contributed by atoms with Crippen molar-refractivity contribution in [2.45, 2.75) is 46.1 Å². The van der Waals surface area contributed by atoms with Crippen molar-refractivity contribution in [2.24, 2.45) is 12.0 Å². The molecule has 0 spiro atoms. The van der Waals surface area contributed by atoms with E-state index in [9.17, 15) is 0 Å². The Morgan fingerprint density at radius 3 is 2.38 bits per heavy atom. The predicted molar refractivity (Wildman–Crippen MR) is 118 cm³/mol. The maximum absolute atomic E-state index is 4.61. The number of hydrogen-bond donors (Lipinski definition) is 2. The molecule has 0 amide bonds. The van der Waals surface area contributed by atoms with Crippen LogP contribution in [-0.2, 0) is 25.4 Å². The van der Waals surface area contributed by atoms with Crippen LogP contribution in [0.25, 0.3) is 0 Å². The second kappa shape index (κ2) is 10.5. The number of nitrogens with zero attached hydrogens (tertiary/aromatic N) is 4. The van der Waals surface area contributed by atoms with Crippen molar-refractivity contribution in [1.29, 1.82) is 0 Å². The third-order valence-corrected chi connectivity index (χ3v) is 4.37.